The zero-order valence-electron chi connectivity index (χ0n) is 19.4. The number of benzene rings is 3. The Balaban J connectivity index is 1.89. The van der Waals surface area contributed by atoms with Gasteiger partial charge in [0.15, 0.2) is 0 Å². The zero-order chi connectivity index (χ0) is 25.0. The maximum atomic E-state index is 13.5. The standard InChI is InChI=1S/C25H29ClN2O4S2/c1-25(2,3)27-33(29,30)23-13-15-24(16-14-23)34(31,32)28(18-17-20-7-5-4-6-8-20)19-21-9-11-22(26)12-10-21/h4-16,27H,17-19H2,1-3H3. The van der Waals surface area contributed by atoms with Crippen molar-refractivity contribution in [3.05, 3.63) is 95.0 Å². The predicted molar refractivity (Wildman–Crippen MR) is 136 cm³/mol. The average Bonchev–Trinajstić information content (AvgIpc) is 2.77. The first-order valence-corrected chi connectivity index (χ1v) is 14.1. The molecule has 0 spiro atoms. The van der Waals surface area contributed by atoms with Gasteiger partial charge in [-0.2, -0.15) is 4.31 Å². The van der Waals surface area contributed by atoms with Crippen LogP contribution in [0.2, 0.25) is 5.02 Å². The average molecular weight is 521 g/mol. The molecule has 0 amide bonds. The van der Waals surface area contributed by atoms with Crippen LogP contribution in [0.5, 0.6) is 0 Å². The molecule has 3 rings (SSSR count). The van der Waals surface area contributed by atoms with Crippen molar-refractivity contribution >= 4 is 31.6 Å². The number of nitrogens with one attached hydrogen (secondary N) is 1. The molecular weight excluding hydrogens is 492 g/mol. The van der Waals surface area contributed by atoms with Crippen molar-refractivity contribution in [2.24, 2.45) is 0 Å². The van der Waals surface area contributed by atoms with Gasteiger partial charge in [-0.15, -0.1) is 0 Å². The van der Waals surface area contributed by atoms with Crippen LogP contribution < -0.4 is 4.72 Å². The van der Waals surface area contributed by atoms with Crippen LogP contribution in [0.25, 0.3) is 0 Å². The molecule has 0 radical (unpaired) electrons. The lowest BCUT2D eigenvalue weighted by molar-refractivity contribution is 0.409. The number of sulfonamides is 2. The Hall–Kier alpha value is -2.23. The lowest BCUT2D eigenvalue weighted by Gasteiger charge is -2.23. The molecule has 0 saturated heterocycles. The second kappa shape index (κ2) is 10.6. The highest BCUT2D eigenvalue weighted by Crippen LogP contribution is 2.22. The van der Waals surface area contributed by atoms with Gasteiger partial charge in [-0.25, -0.2) is 21.6 Å². The lowest BCUT2D eigenvalue weighted by atomic mass is 10.1. The molecule has 1 N–H and O–H groups in total. The van der Waals surface area contributed by atoms with Gasteiger partial charge in [-0.1, -0.05) is 54.1 Å². The fourth-order valence-electron chi connectivity index (χ4n) is 3.38. The minimum atomic E-state index is -3.89. The molecule has 182 valence electrons. The van der Waals surface area contributed by atoms with E-state index >= 15 is 0 Å². The van der Waals surface area contributed by atoms with Gasteiger partial charge in [0.05, 0.1) is 9.79 Å². The summed E-state index contributed by atoms with van der Waals surface area (Å²) in [6.45, 7) is 5.65. The van der Waals surface area contributed by atoms with E-state index < -0.39 is 25.6 Å². The van der Waals surface area contributed by atoms with Crippen LogP contribution in [0.15, 0.2) is 88.7 Å². The maximum absolute atomic E-state index is 13.5. The van der Waals surface area contributed by atoms with Crippen molar-refractivity contribution in [1.82, 2.24) is 9.03 Å². The summed E-state index contributed by atoms with van der Waals surface area (Å²) >= 11 is 5.98. The molecule has 0 saturated carbocycles. The first-order chi connectivity index (χ1) is 15.9. The van der Waals surface area contributed by atoms with E-state index in [0.717, 1.165) is 11.1 Å². The van der Waals surface area contributed by atoms with Crippen molar-refractivity contribution in [2.45, 2.75) is 49.1 Å². The topological polar surface area (TPSA) is 83.5 Å². The van der Waals surface area contributed by atoms with Gasteiger partial charge in [-0.3, -0.25) is 0 Å². The molecule has 0 unspecified atom stereocenters. The van der Waals surface area contributed by atoms with Crippen LogP contribution in [0.3, 0.4) is 0 Å². The Kier molecular flexibility index (Phi) is 8.21. The smallest absolute Gasteiger partial charge is 0.207 e. The Morgan fingerprint density at radius 3 is 1.88 bits per heavy atom. The third-order valence-electron chi connectivity index (χ3n) is 4.98. The third kappa shape index (κ3) is 7.13. The number of hydrogen-bond acceptors (Lipinski definition) is 4. The molecule has 0 aromatic heterocycles. The van der Waals surface area contributed by atoms with Gasteiger partial charge in [0.25, 0.3) is 0 Å². The largest absolute Gasteiger partial charge is 0.243 e. The number of rotatable bonds is 9. The molecule has 3 aromatic carbocycles. The second-order valence-electron chi connectivity index (χ2n) is 9.03. The summed E-state index contributed by atoms with van der Waals surface area (Å²) in [4.78, 5) is 0.0409. The summed E-state index contributed by atoms with van der Waals surface area (Å²) in [5, 5.41) is 0.572. The van der Waals surface area contributed by atoms with E-state index in [1.54, 1.807) is 45.0 Å². The summed E-state index contributed by atoms with van der Waals surface area (Å²) < 4.78 is 56.2. The highest BCUT2D eigenvalue weighted by molar-refractivity contribution is 7.89. The Morgan fingerprint density at radius 1 is 0.765 bits per heavy atom. The normalized spacial score (nSPS) is 12.7. The fourth-order valence-corrected chi connectivity index (χ4v) is 6.35. The number of hydrogen-bond donors (Lipinski definition) is 1. The number of nitrogens with zero attached hydrogens (tertiary/aromatic N) is 1. The lowest BCUT2D eigenvalue weighted by Crippen LogP contribution is -2.40. The molecule has 3 aromatic rings. The number of halogens is 1. The van der Waals surface area contributed by atoms with E-state index in [0.29, 0.717) is 11.4 Å². The van der Waals surface area contributed by atoms with E-state index in [9.17, 15) is 16.8 Å². The van der Waals surface area contributed by atoms with Gasteiger partial charge in [0.2, 0.25) is 20.0 Å². The molecule has 34 heavy (non-hydrogen) atoms. The Morgan fingerprint density at radius 2 is 1.32 bits per heavy atom. The van der Waals surface area contributed by atoms with Gasteiger partial charge in [0.1, 0.15) is 0 Å². The summed E-state index contributed by atoms with van der Waals surface area (Å²) in [6.07, 6.45) is 0.537. The van der Waals surface area contributed by atoms with E-state index in [2.05, 4.69) is 4.72 Å². The van der Waals surface area contributed by atoms with Crippen LogP contribution in [-0.4, -0.2) is 33.2 Å². The van der Waals surface area contributed by atoms with E-state index in [1.807, 2.05) is 30.3 Å². The van der Waals surface area contributed by atoms with Crippen LogP contribution in [0.4, 0.5) is 0 Å². The monoisotopic (exact) mass is 520 g/mol. The minimum absolute atomic E-state index is 0.00918. The second-order valence-corrected chi connectivity index (χ2v) is 13.1. The first kappa shape index (κ1) is 26.4. The van der Waals surface area contributed by atoms with Crippen LogP contribution in [0.1, 0.15) is 31.9 Å². The van der Waals surface area contributed by atoms with Crippen LogP contribution in [0, 0.1) is 0 Å². The Labute approximate surface area is 207 Å². The predicted octanol–water partition coefficient (Wildman–Crippen LogP) is 4.85. The van der Waals surface area contributed by atoms with Crippen LogP contribution >= 0.6 is 11.6 Å². The molecule has 0 heterocycles. The molecule has 6 nitrogen and oxygen atoms in total. The maximum Gasteiger partial charge on any atom is 0.243 e. The fraction of sp³-hybridized carbons (Fsp3) is 0.280. The highest BCUT2D eigenvalue weighted by atomic mass is 35.5. The van der Waals surface area contributed by atoms with Crippen molar-refractivity contribution < 1.29 is 16.8 Å². The zero-order valence-corrected chi connectivity index (χ0v) is 21.8. The summed E-state index contributed by atoms with van der Waals surface area (Å²) in [7, 11) is -7.66. The van der Waals surface area contributed by atoms with Gasteiger partial charge in [-0.05, 0) is 74.7 Å². The highest BCUT2D eigenvalue weighted by Gasteiger charge is 2.27. The molecule has 0 aliphatic heterocycles. The summed E-state index contributed by atoms with van der Waals surface area (Å²) in [5.41, 5.74) is 1.17. The molecule has 0 aliphatic carbocycles. The molecule has 0 fully saturated rings. The first-order valence-electron chi connectivity index (χ1n) is 10.8. The quantitative estimate of drug-likeness (QED) is 0.437. The minimum Gasteiger partial charge on any atom is -0.207 e. The van der Waals surface area contributed by atoms with E-state index in [1.165, 1.54) is 28.6 Å². The SMILES string of the molecule is CC(C)(C)NS(=O)(=O)c1ccc(S(=O)(=O)N(CCc2ccccc2)Cc2ccc(Cl)cc2)cc1. The molecular formula is C25H29ClN2O4S2. The van der Waals surface area contributed by atoms with Gasteiger partial charge < -0.3 is 0 Å². The third-order valence-corrected chi connectivity index (χ3v) is 8.86. The van der Waals surface area contributed by atoms with Crippen molar-refractivity contribution in [3.63, 3.8) is 0 Å². The Bertz CT molecular complexity index is 1300. The van der Waals surface area contributed by atoms with Gasteiger partial charge in [0, 0.05) is 23.7 Å². The van der Waals surface area contributed by atoms with Gasteiger partial charge >= 0.3 is 0 Å². The van der Waals surface area contributed by atoms with E-state index in [-0.39, 0.29) is 22.9 Å². The molecule has 9 heteroatoms. The molecule has 0 atom stereocenters. The van der Waals surface area contributed by atoms with Crippen molar-refractivity contribution in [3.8, 4) is 0 Å². The summed E-state index contributed by atoms with van der Waals surface area (Å²) in [5.74, 6) is 0. The molecule has 0 bridgehead atoms. The van der Waals surface area contributed by atoms with Crippen molar-refractivity contribution in [2.75, 3.05) is 6.54 Å². The van der Waals surface area contributed by atoms with E-state index in [4.69, 9.17) is 11.6 Å². The summed E-state index contributed by atoms with van der Waals surface area (Å²) in [6, 6.07) is 22.0. The molecule has 0 aliphatic rings. The van der Waals surface area contributed by atoms with Crippen LogP contribution in [-0.2, 0) is 33.0 Å². The van der Waals surface area contributed by atoms with Crippen molar-refractivity contribution in [1.29, 1.82) is 0 Å².